The Morgan fingerprint density at radius 3 is 2.53 bits per heavy atom. The van der Waals surface area contributed by atoms with Crippen LogP contribution in [0.5, 0.6) is 0 Å². The lowest BCUT2D eigenvalue weighted by molar-refractivity contribution is 0.569. The highest BCUT2D eigenvalue weighted by Crippen LogP contribution is 2.11. The molecule has 0 saturated carbocycles. The van der Waals surface area contributed by atoms with Gasteiger partial charge >= 0.3 is 0 Å². The molecule has 0 radical (unpaired) electrons. The second-order valence-electron chi connectivity index (χ2n) is 4.58. The summed E-state index contributed by atoms with van der Waals surface area (Å²) in [5.74, 6) is -0.249. The number of imidazole rings is 1. The third kappa shape index (κ3) is 3.61. The maximum Gasteiger partial charge on any atom is 0.126 e. The van der Waals surface area contributed by atoms with Crippen LogP contribution in [0.2, 0.25) is 0 Å². The molecule has 0 fully saturated rings. The van der Waals surface area contributed by atoms with Crippen LogP contribution in [-0.4, -0.2) is 15.6 Å². The molecule has 0 aliphatic carbocycles. The number of benzene rings is 1. The standard InChI is InChI=1S/C14H17F2N3/c1-2-19-4-3-18-14(19)9-13(17)7-10-5-11(15)8-12(16)6-10/h3-6,8,13H,2,7,9,17H2,1H3. The van der Waals surface area contributed by atoms with Gasteiger partial charge in [0.2, 0.25) is 0 Å². The highest BCUT2D eigenvalue weighted by molar-refractivity contribution is 5.19. The van der Waals surface area contributed by atoms with Crippen molar-refractivity contribution < 1.29 is 8.78 Å². The summed E-state index contributed by atoms with van der Waals surface area (Å²) in [6.07, 6.45) is 4.63. The van der Waals surface area contributed by atoms with Gasteiger partial charge in [0.1, 0.15) is 17.5 Å². The van der Waals surface area contributed by atoms with Crippen LogP contribution in [0.15, 0.2) is 30.6 Å². The highest BCUT2D eigenvalue weighted by Gasteiger charge is 2.11. The third-order valence-electron chi connectivity index (χ3n) is 3.01. The van der Waals surface area contributed by atoms with Gasteiger partial charge in [-0.3, -0.25) is 0 Å². The minimum Gasteiger partial charge on any atom is -0.335 e. The summed E-state index contributed by atoms with van der Waals surface area (Å²) in [4.78, 5) is 4.24. The summed E-state index contributed by atoms with van der Waals surface area (Å²) in [7, 11) is 0. The van der Waals surface area contributed by atoms with E-state index in [0.29, 0.717) is 18.4 Å². The SMILES string of the molecule is CCn1ccnc1CC(N)Cc1cc(F)cc(F)c1. The molecule has 1 unspecified atom stereocenters. The van der Waals surface area contributed by atoms with Crippen LogP contribution in [-0.2, 0) is 19.4 Å². The van der Waals surface area contributed by atoms with Crippen LogP contribution < -0.4 is 5.73 Å². The lowest BCUT2D eigenvalue weighted by Crippen LogP contribution is -2.27. The van der Waals surface area contributed by atoms with Crippen molar-refractivity contribution in [1.29, 1.82) is 0 Å². The van der Waals surface area contributed by atoms with Crippen molar-refractivity contribution in [3.63, 3.8) is 0 Å². The monoisotopic (exact) mass is 265 g/mol. The first-order chi connectivity index (χ1) is 9.08. The minimum absolute atomic E-state index is 0.214. The van der Waals surface area contributed by atoms with Crippen LogP contribution in [0.25, 0.3) is 0 Å². The predicted molar refractivity (Wildman–Crippen MR) is 69.6 cm³/mol. The Bertz CT molecular complexity index is 531. The molecule has 1 atom stereocenters. The van der Waals surface area contributed by atoms with Crippen LogP contribution >= 0.6 is 0 Å². The fourth-order valence-electron chi connectivity index (χ4n) is 2.16. The summed E-state index contributed by atoms with van der Waals surface area (Å²) < 4.78 is 28.2. The molecular formula is C14H17F2N3. The quantitative estimate of drug-likeness (QED) is 0.901. The molecule has 19 heavy (non-hydrogen) atoms. The average molecular weight is 265 g/mol. The van der Waals surface area contributed by atoms with Gasteiger partial charge in [-0.2, -0.15) is 0 Å². The Balaban J connectivity index is 2.03. The van der Waals surface area contributed by atoms with E-state index in [0.717, 1.165) is 18.4 Å². The Kier molecular flexibility index (Phi) is 4.27. The molecule has 1 heterocycles. The van der Waals surface area contributed by atoms with Crippen LogP contribution in [0.3, 0.4) is 0 Å². The van der Waals surface area contributed by atoms with Crippen molar-refractivity contribution >= 4 is 0 Å². The van der Waals surface area contributed by atoms with E-state index in [9.17, 15) is 8.78 Å². The maximum absolute atomic E-state index is 13.1. The van der Waals surface area contributed by atoms with Gasteiger partial charge in [-0.05, 0) is 31.0 Å². The van der Waals surface area contributed by atoms with Gasteiger partial charge in [-0.1, -0.05) is 0 Å². The minimum atomic E-state index is -0.572. The Morgan fingerprint density at radius 2 is 1.89 bits per heavy atom. The summed E-state index contributed by atoms with van der Waals surface area (Å²) in [6.45, 7) is 2.86. The molecule has 0 spiro atoms. The molecule has 2 N–H and O–H groups in total. The Morgan fingerprint density at radius 1 is 1.21 bits per heavy atom. The number of halogens is 2. The average Bonchev–Trinajstić information content (AvgIpc) is 2.74. The molecule has 0 aliphatic heterocycles. The van der Waals surface area contributed by atoms with Crippen molar-refractivity contribution in [2.75, 3.05) is 0 Å². The van der Waals surface area contributed by atoms with Gasteiger partial charge in [0, 0.05) is 37.5 Å². The molecule has 5 heteroatoms. The molecule has 0 amide bonds. The van der Waals surface area contributed by atoms with Crippen LogP contribution in [0.4, 0.5) is 8.78 Å². The second kappa shape index (κ2) is 5.93. The Hall–Kier alpha value is -1.75. The topological polar surface area (TPSA) is 43.8 Å². The fourth-order valence-corrected chi connectivity index (χ4v) is 2.16. The molecule has 1 aromatic carbocycles. The van der Waals surface area contributed by atoms with E-state index in [2.05, 4.69) is 4.98 Å². The molecule has 2 aromatic rings. The molecule has 0 bridgehead atoms. The van der Waals surface area contributed by atoms with Gasteiger partial charge in [-0.25, -0.2) is 13.8 Å². The van der Waals surface area contributed by atoms with Crippen molar-refractivity contribution in [3.05, 3.63) is 53.6 Å². The summed E-state index contributed by atoms with van der Waals surface area (Å²) in [5, 5.41) is 0. The third-order valence-corrected chi connectivity index (χ3v) is 3.01. The maximum atomic E-state index is 13.1. The van der Waals surface area contributed by atoms with E-state index in [1.807, 2.05) is 17.7 Å². The second-order valence-corrected chi connectivity index (χ2v) is 4.58. The summed E-state index contributed by atoms with van der Waals surface area (Å²) in [6, 6.07) is 3.28. The fraction of sp³-hybridized carbons (Fsp3) is 0.357. The lowest BCUT2D eigenvalue weighted by atomic mass is 10.0. The Labute approximate surface area is 111 Å². The number of nitrogens with two attached hydrogens (primary N) is 1. The molecule has 1 aromatic heterocycles. The highest BCUT2D eigenvalue weighted by atomic mass is 19.1. The van der Waals surface area contributed by atoms with Gasteiger partial charge in [0.05, 0.1) is 0 Å². The lowest BCUT2D eigenvalue weighted by Gasteiger charge is -2.12. The van der Waals surface area contributed by atoms with Crippen molar-refractivity contribution in [2.45, 2.75) is 32.4 Å². The van der Waals surface area contributed by atoms with Crippen LogP contribution in [0.1, 0.15) is 18.3 Å². The smallest absolute Gasteiger partial charge is 0.126 e. The molecule has 0 saturated heterocycles. The van der Waals surface area contributed by atoms with Crippen molar-refractivity contribution in [3.8, 4) is 0 Å². The summed E-state index contributed by atoms with van der Waals surface area (Å²) in [5.41, 5.74) is 6.59. The number of hydrogen-bond acceptors (Lipinski definition) is 2. The van der Waals surface area contributed by atoms with E-state index in [-0.39, 0.29) is 6.04 Å². The van der Waals surface area contributed by atoms with E-state index in [1.54, 1.807) is 6.20 Å². The molecule has 102 valence electrons. The number of aromatic nitrogens is 2. The first-order valence-corrected chi connectivity index (χ1v) is 6.29. The number of rotatable bonds is 5. The molecule has 0 aliphatic rings. The van der Waals surface area contributed by atoms with E-state index >= 15 is 0 Å². The van der Waals surface area contributed by atoms with E-state index in [1.165, 1.54) is 12.1 Å². The number of aryl methyl sites for hydroxylation is 1. The first-order valence-electron chi connectivity index (χ1n) is 6.29. The van der Waals surface area contributed by atoms with Crippen LogP contribution in [0, 0.1) is 11.6 Å². The molecule has 2 rings (SSSR count). The van der Waals surface area contributed by atoms with Crippen molar-refractivity contribution in [1.82, 2.24) is 9.55 Å². The number of nitrogens with zero attached hydrogens (tertiary/aromatic N) is 2. The first kappa shape index (κ1) is 13.7. The molecule has 3 nitrogen and oxygen atoms in total. The largest absolute Gasteiger partial charge is 0.335 e. The normalized spacial score (nSPS) is 12.6. The van der Waals surface area contributed by atoms with Gasteiger partial charge in [0.15, 0.2) is 0 Å². The molecular weight excluding hydrogens is 248 g/mol. The van der Waals surface area contributed by atoms with Gasteiger partial charge < -0.3 is 10.3 Å². The van der Waals surface area contributed by atoms with E-state index < -0.39 is 11.6 Å². The predicted octanol–water partition coefficient (Wildman–Crippen LogP) is 2.29. The zero-order valence-corrected chi connectivity index (χ0v) is 10.8. The van der Waals surface area contributed by atoms with Gasteiger partial charge in [0.25, 0.3) is 0 Å². The van der Waals surface area contributed by atoms with Crippen molar-refractivity contribution in [2.24, 2.45) is 5.73 Å². The number of hydrogen-bond donors (Lipinski definition) is 1. The van der Waals surface area contributed by atoms with E-state index in [4.69, 9.17) is 5.73 Å². The zero-order chi connectivity index (χ0) is 13.8. The zero-order valence-electron chi connectivity index (χ0n) is 10.8. The summed E-state index contributed by atoms with van der Waals surface area (Å²) >= 11 is 0. The van der Waals surface area contributed by atoms with Gasteiger partial charge in [-0.15, -0.1) is 0 Å².